The Labute approximate surface area is 186 Å². The summed E-state index contributed by atoms with van der Waals surface area (Å²) >= 11 is 1.57. The highest BCUT2D eigenvalue weighted by Gasteiger charge is 2.52. The SMILES string of the molecule is CC=CC1=C(C(=O)OC(c2ccccc2)c2ccccc2)N2C(=O)C(N)[C@@H]2SC1.Cl. The maximum absolute atomic E-state index is 13.3. The van der Waals surface area contributed by atoms with Crippen LogP contribution in [-0.2, 0) is 14.3 Å². The lowest BCUT2D eigenvalue weighted by Crippen LogP contribution is -2.68. The average Bonchev–Trinajstić information content (AvgIpc) is 2.77. The predicted octanol–water partition coefficient (Wildman–Crippen LogP) is 3.81. The van der Waals surface area contributed by atoms with E-state index in [1.165, 1.54) is 4.90 Å². The first kappa shape index (κ1) is 22.2. The molecule has 2 heterocycles. The third-order valence-electron chi connectivity index (χ3n) is 5.03. The van der Waals surface area contributed by atoms with Gasteiger partial charge in [0.25, 0.3) is 0 Å². The molecule has 2 aromatic carbocycles. The Hall–Kier alpha value is -2.54. The molecule has 1 unspecified atom stereocenters. The molecule has 1 fully saturated rings. The first-order valence-corrected chi connectivity index (χ1v) is 10.5. The van der Waals surface area contributed by atoms with Gasteiger partial charge in [-0.15, -0.1) is 24.2 Å². The molecular weight excluding hydrogens is 420 g/mol. The molecule has 2 N–H and O–H groups in total. The quantitative estimate of drug-likeness (QED) is 0.563. The van der Waals surface area contributed by atoms with Gasteiger partial charge in [-0.1, -0.05) is 72.8 Å². The first-order chi connectivity index (χ1) is 14.1. The van der Waals surface area contributed by atoms with Crippen molar-refractivity contribution in [2.75, 3.05) is 5.75 Å². The van der Waals surface area contributed by atoms with Gasteiger partial charge in [0.15, 0.2) is 6.10 Å². The topological polar surface area (TPSA) is 72.6 Å². The first-order valence-electron chi connectivity index (χ1n) is 9.48. The molecule has 2 aliphatic rings. The van der Waals surface area contributed by atoms with Gasteiger partial charge in [-0.2, -0.15) is 0 Å². The second kappa shape index (κ2) is 9.51. The van der Waals surface area contributed by atoms with Crippen LogP contribution in [0.4, 0.5) is 0 Å². The zero-order valence-corrected chi connectivity index (χ0v) is 18.1. The van der Waals surface area contributed by atoms with Gasteiger partial charge in [-0.3, -0.25) is 9.69 Å². The number of nitrogens with zero attached hydrogens (tertiary/aromatic N) is 1. The van der Waals surface area contributed by atoms with Crippen LogP contribution in [0.15, 0.2) is 84.1 Å². The summed E-state index contributed by atoms with van der Waals surface area (Å²) in [5, 5.41) is -0.217. The average molecular weight is 443 g/mol. The maximum Gasteiger partial charge on any atom is 0.356 e. The molecule has 2 atom stereocenters. The molecule has 7 heteroatoms. The summed E-state index contributed by atoms with van der Waals surface area (Å²) in [6.07, 6.45) is 3.15. The Morgan fingerprint density at radius 3 is 2.23 bits per heavy atom. The van der Waals surface area contributed by atoms with E-state index in [-0.39, 0.29) is 23.7 Å². The van der Waals surface area contributed by atoms with Crippen molar-refractivity contribution in [3.63, 3.8) is 0 Å². The third kappa shape index (κ3) is 4.03. The number of thioether (sulfide) groups is 1. The van der Waals surface area contributed by atoms with Crippen LogP contribution < -0.4 is 5.73 Å². The monoisotopic (exact) mass is 442 g/mol. The van der Waals surface area contributed by atoms with Gasteiger partial charge in [-0.05, 0) is 23.6 Å². The van der Waals surface area contributed by atoms with Crippen molar-refractivity contribution in [3.05, 3.63) is 95.2 Å². The number of fused-ring (bicyclic) bond motifs is 1. The maximum atomic E-state index is 13.3. The molecule has 0 aliphatic carbocycles. The van der Waals surface area contributed by atoms with Gasteiger partial charge < -0.3 is 10.5 Å². The van der Waals surface area contributed by atoms with Crippen LogP contribution in [0.1, 0.15) is 24.2 Å². The molecule has 4 rings (SSSR count). The Morgan fingerprint density at radius 2 is 1.70 bits per heavy atom. The minimum absolute atomic E-state index is 0. The Balaban J connectivity index is 0.00000256. The fourth-order valence-electron chi connectivity index (χ4n) is 3.61. The number of nitrogens with two attached hydrogens (primary N) is 1. The number of ether oxygens (including phenoxy) is 1. The molecule has 1 amide bonds. The summed E-state index contributed by atoms with van der Waals surface area (Å²) in [6.45, 7) is 1.88. The van der Waals surface area contributed by atoms with Gasteiger partial charge >= 0.3 is 5.97 Å². The van der Waals surface area contributed by atoms with Crippen LogP contribution in [0.2, 0.25) is 0 Å². The van der Waals surface area contributed by atoms with E-state index in [2.05, 4.69) is 0 Å². The number of esters is 1. The number of hydrogen-bond acceptors (Lipinski definition) is 5. The van der Waals surface area contributed by atoms with Crippen molar-refractivity contribution >= 4 is 36.0 Å². The number of carbonyl (C=O) groups excluding carboxylic acids is 2. The number of allylic oxidation sites excluding steroid dienone is 2. The minimum atomic E-state index is -0.575. The molecule has 1 saturated heterocycles. The normalized spacial score (nSPS) is 20.6. The van der Waals surface area contributed by atoms with Crippen LogP contribution in [0, 0.1) is 0 Å². The lowest BCUT2D eigenvalue weighted by Gasteiger charge is -2.48. The molecule has 2 aromatic rings. The third-order valence-corrected chi connectivity index (χ3v) is 6.35. The van der Waals surface area contributed by atoms with E-state index in [1.54, 1.807) is 11.8 Å². The smallest absolute Gasteiger partial charge is 0.356 e. The van der Waals surface area contributed by atoms with Crippen molar-refractivity contribution in [1.82, 2.24) is 4.90 Å². The van der Waals surface area contributed by atoms with Gasteiger partial charge in [0.05, 0.1) is 0 Å². The van der Waals surface area contributed by atoms with E-state index in [1.807, 2.05) is 79.7 Å². The van der Waals surface area contributed by atoms with Gasteiger partial charge in [0.1, 0.15) is 17.1 Å². The van der Waals surface area contributed by atoms with Crippen LogP contribution in [0.5, 0.6) is 0 Å². The molecule has 5 nitrogen and oxygen atoms in total. The van der Waals surface area contributed by atoms with E-state index in [4.69, 9.17) is 10.5 Å². The highest BCUT2D eigenvalue weighted by Crippen LogP contribution is 2.41. The van der Waals surface area contributed by atoms with E-state index >= 15 is 0 Å². The van der Waals surface area contributed by atoms with Gasteiger partial charge in [0, 0.05) is 5.75 Å². The lowest BCUT2D eigenvalue weighted by atomic mass is 10.0. The number of benzene rings is 2. The lowest BCUT2D eigenvalue weighted by molar-refractivity contribution is -0.153. The summed E-state index contributed by atoms with van der Waals surface area (Å²) in [5.74, 6) is -0.147. The van der Waals surface area contributed by atoms with Crippen LogP contribution >= 0.6 is 24.2 Å². The molecule has 0 aromatic heterocycles. The number of halogens is 1. The van der Waals surface area contributed by atoms with Gasteiger partial charge in [0.2, 0.25) is 5.91 Å². The summed E-state index contributed by atoms with van der Waals surface area (Å²) < 4.78 is 6.00. The second-order valence-electron chi connectivity index (χ2n) is 6.92. The Morgan fingerprint density at radius 1 is 1.13 bits per heavy atom. The molecule has 0 radical (unpaired) electrons. The zero-order valence-electron chi connectivity index (χ0n) is 16.4. The largest absolute Gasteiger partial charge is 0.448 e. The van der Waals surface area contributed by atoms with Crippen molar-refractivity contribution in [3.8, 4) is 0 Å². The molecule has 0 bridgehead atoms. The molecule has 0 saturated carbocycles. The molecule has 30 heavy (non-hydrogen) atoms. The highest BCUT2D eigenvalue weighted by atomic mass is 35.5. The second-order valence-corrected chi connectivity index (χ2v) is 8.02. The number of amides is 1. The fourth-order valence-corrected chi connectivity index (χ4v) is 4.87. The number of hydrogen-bond donors (Lipinski definition) is 1. The van der Waals surface area contributed by atoms with Crippen LogP contribution in [0.3, 0.4) is 0 Å². The Bertz CT molecular complexity index is 939. The summed E-state index contributed by atoms with van der Waals surface area (Å²) in [5.41, 5.74) is 8.75. The summed E-state index contributed by atoms with van der Waals surface area (Å²) in [6, 6.07) is 18.6. The fraction of sp³-hybridized carbons (Fsp3) is 0.217. The Kier molecular flexibility index (Phi) is 7.02. The number of rotatable bonds is 5. The van der Waals surface area contributed by atoms with E-state index in [9.17, 15) is 9.59 Å². The molecule has 2 aliphatic heterocycles. The van der Waals surface area contributed by atoms with Crippen molar-refractivity contribution in [2.45, 2.75) is 24.4 Å². The van der Waals surface area contributed by atoms with E-state index in [0.717, 1.165) is 16.7 Å². The summed E-state index contributed by atoms with van der Waals surface area (Å²) in [7, 11) is 0. The van der Waals surface area contributed by atoms with Crippen molar-refractivity contribution in [2.24, 2.45) is 5.73 Å². The molecule has 156 valence electrons. The van der Waals surface area contributed by atoms with Crippen molar-refractivity contribution < 1.29 is 14.3 Å². The number of β-lactam (4-membered cyclic amide) rings is 1. The molecule has 0 spiro atoms. The van der Waals surface area contributed by atoms with E-state index < -0.39 is 18.1 Å². The standard InChI is InChI=1S/C23H22N2O3S.ClH/c1-2-9-17-14-29-22-18(24)21(26)25(22)19(17)23(27)28-20(15-10-5-3-6-11-15)16-12-7-4-8-13-16;/h2-13,18,20,22H,14,24H2,1H3;1H/t18?,22-;/m0./s1. The van der Waals surface area contributed by atoms with E-state index in [0.29, 0.717) is 11.4 Å². The van der Waals surface area contributed by atoms with Crippen molar-refractivity contribution in [1.29, 1.82) is 0 Å². The molecular formula is C23H23ClN2O3S. The minimum Gasteiger partial charge on any atom is -0.448 e. The zero-order chi connectivity index (χ0) is 20.4. The van der Waals surface area contributed by atoms with Gasteiger partial charge in [-0.25, -0.2) is 4.79 Å². The van der Waals surface area contributed by atoms with Crippen LogP contribution in [0.25, 0.3) is 0 Å². The highest BCUT2D eigenvalue weighted by molar-refractivity contribution is 8.00. The summed E-state index contributed by atoms with van der Waals surface area (Å²) in [4.78, 5) is 27.2. The number of carbonyl (C=O) groups is 2. The van der Waals surface area contributed by atoms with Crippen LogP contribution in [-0.4, -0.2) is 33.9 Å². The predicted molar refractivity (Wildman–Crippen MR) is 121 cm³/mol.